The van der Waals surface area contributed by atoms with E-state index in [2.05, 4.69) is 4.98 Å². The zero-order valence-corrected chi connectivity index (χ0v) is 12.5. The van der Waals surface area contributed by atoms with E-state index in [1.54, 1.807) is 24.3 Å². The van der Waals surface area contributed by atoms with Crippen LogP contribution >= 0.6 is 0 Å². The molecule has 3 rings (SSSR count). The van der Waals surface area contributed by atoms with E-state index >= 15 is 0 Å². The predicted octanol–water partition coefficient (Wildman–Crippen LogP) is 6.39. The molecule has 0 aliphatic heterocycles. The Hall–Kier alpha value is -2.70. The summed E-state index contributed by atoms with van der Waals surface area (Å²) in [5.41, 5.74) is 0.604. The van der Waals surface area contributed by atoms with Crippen LogP contribution in [0.15, 0.2) is 60.8 Å². The van der Waals surface area contributed by atoms with Crippen molar-refractivity contribution in [2.75, 3.05) is 0 Å². The quantitative estimate of drug-likeness (QED) is 0.513. The molecular weight excluding hydrogens is 344 g/mol. The van der Waals surface area contributed by atoms with Crippen molar-refractivity contribution < 1.29 is 26.3 Å². The Balaban J connectivity index is 1.84. The molecule has 0 spiro atoms. The van der Waals surface area contributed by atoms with Crippen molar-refractivity contribution in [1.29, 1.82) is 0 Å². The van der Waals surface area contributed by atoms with E-state index in [0.717, 1.165) is 24.4 Å². The Morgan fingerprint density at radius 3 is 1.44 bits per heavy atom. The predicted molar refractivity (Wildman–Crippen MR) is 81.7 cm³/mol. The minimum Gasteiger partial charge on any atom is -0.361 e. The summed E-state index contributed by atoms with van der Waals surface area (Å²) in [4.78, 5) is 2.57. The third kappa shape index (κ3) is 3.70. The van der Waals surface area contributed by atoms with E-state index in [1.807, 2.05) is 0 Å². The van der Waals surface area contributed by atoms with Crippen LogP contribution in [0.25, 0.3) is 22.4 Å². The number of aromatic amines is 1. The molecule has 0 saturated carbocycles. The fourth-order valence-electron chi connectivity index (χ4n) is 2.42. The molecule has 25 heavy (non-hydrogen) atoms. The van der Waals surface area contributed by atoms with Gasteiger partial charge in [0.25, 0.3) is 0 Å². The lowest BCUT2D eigenvalue weighted by molar-refractivity contribution is -0.138. The van der Waals surface area contributed by atoms with Gasteiger partial charge in [0.1, 0.15) is 0 Å². The lowest BCUT2D eigenvalue weighted by Crippen LogP contribution is -2.03. The molecule has 1 nitrogen and oxygen atoms in total. The topological polar surface area (TPSA) is 15.8 Å². The smallest absolute Gasteiger partial charge is 0.361 e. The summed E-state index contributed by atoms with van der Waals surface area (Å²) in [7, 11) is 0. The number of hydrogen-bond donors (Lipinski definition) is 1. The number of benzene rings is 2. The second-order valence-corrected chi connectivity index (χ2v) is 5.45. The maximum Gasteiger partial charge on any atom is 0.417 e. The fourth-order valence-corrected chi connectivity index (χ4v) is 2.42. The molecule has 0 saturated heterocycles. The van der Waals surface area contributed by atoms with Crippen molar-refractivity contribution in [3.63, 3.8) is 0 Å². The highest BCUT2D eigenvalue weighted by molar-refractivity contribution is 5.69. The summed E-state index contributed by atoms with van der Waals surface area (Å²) in [6.45, 7) is 0. The van der Waals surface area contributed by atoms with Crippen LogP contribution in [0.4, 0.5) is 26.3 Å². The number of halogens is 6. The van der Waals surface area contributed by atoms with Gasteiger partial charge in [0, 0.05) is 11.9 Å². The molecule has 1 heterocycles. The molecular formula is C18H11F6N. The molecule has 0 radical (unpaired) electrons. The lowest BCUT2D eigenvalue weighted by Gasteiger charge is -2.08. The van der Waals surface area contributed by atoms with E-state index in [1.165, 1.54) is 12.1 Å². The van der Waals surface area contributed by atoms with Crippen molar-refractivity contribution in [3.05, 3.63) is 71.9 Å². The number of alkyl halides is 6. The first-order chi connectivity index (χ1) is 11.6. The summed E-state index contributed by atoms with van der Waals surface area (Å²) in [5.74, 6) is 0. The van der Waals surface area contributed by atoms with Gasteiger partial charge in [-0.25, -0.2) is 0 Å². The standard InChI is InChI=1S/C18H11F6N/c19-17(20,21)14-7-5-12(6-8-14)11-1-3-13(4-2-11)16-9-15(10-25-16)18(22,23)24/h1-10,25H. The van der Waals surface area contributed by atoms with Crippen molar-refractivity contribution >= 4 is 0 Å². The average molecular weight is 355 g/mol. The molecule has 0 bridgehead atoms. The molecule has 0 amide bonds. The molecule has 0 fully saturated rings. The molecule has 2 aromatic carbocycles. The maximum absolute atomic E-state index is 12.6. The van der Waals surface area contributed by atoms with Gasteiger partial charge < -0.3 is 4.98 Å². The highest BCUT2D eigenvalue weighted by atomic mass is 19.4. The van der Waals surface area contributed by atoms with Crippen LogP contribution in [-0.4, -0.2) is 4.98 Å². The molecule has 0 atom stereocenters. The van der Waals surface area contributed by atoms with E-state index in [4.69, 9.17) is 0 Å². The van der Waals surface area contributed by atoms with Crippen LogP contribution in [0.3, 0.4) is 0 Å². The van der Waals surface area contributed by atoms with Crippen LogP contribution < -0.4 is 0 Å². The van der Waals surface area contributed by atoms with Crippen molar-refractivity contribution in [3.8, 4) is 22.4 Å². The summed E-state index contributed by atoms with van der Waals surface area (Å²) in [6.07, 6.45) is -7.93. The summed E-state index contributed by atoms with van der Waals surface area (Å²) in [5, 5.41) is 0. The number of aromatic nitrogens is 1. The Labute approximate surface area is 138 Å². The second-order valence-electron chi connectivity index (χ2n) is 5.45. The Morgan fingerprint density at radius 1 is 0.560 bits per heavy atom. The largest absolute Gasteiger partial charge is 0.417 e. The zero-order valence-electron chi connectivity index (χ0n) is 12.5. The minimum atomic E-state index is -4.42. The summed E-state index contributed by atoms with van der Waals surface area (Å²) in [6, 6.07) is 12.2. The van der Waals surface area contributed by atoms with Gasteiger partial charge in [0.05, 0.1) is 11.1 Å². The maximum atomic E-state index is 12.6. The molecule has 3 aromatic rings. The monoisotopic (exact) mass is 355 g/mol. The first kappa shape index (κ1) is 17.1. The molecule has 1 aromatic heterocycles. The lowest BCUT2D eigenvalue weighted by atomic mass is 10.0. The Kier molecular flexibility index (Phi) is 4.10. The SMILES string of the molecule is FC(F)(F)c1ccc(-c2ccc(-c3cc(C(F)(F)F)c[nH]3)cc2)cc1. The molecule has 1 N–H and O–H groups in total. The van der Waals surface area contributed by atoms with E-state index in [-0.39, 0.29) is 0 Å². The Morgan fingerprint density at radius 2 is 1.00 bits per heavy atom. The van der Waals surface area contributed by atoms with Crippen LogP contribution in [-0.2, 0) is 12.4 Å². The van der Waals surface area contributed by atoms with E-state index < -0.39 is 23.5 Å². The first-order valence-corrected chi connectivity index (χ1v) is 7.18. The third-order valence-corrected chi connectivity index (χ3v) is 3.75. The van der Waals surface area contributed by atoms with Gasteiger partial charge in [-0.2, -0.15) is 26.3 Å². The zero-order chi connectivity index (χ0) is 18.2. The summed E-state index contributed by atoms with van der Waals surface area (Å²) >= 11 is 0. The molecule has 0 aliphatic carbocycles. The highest BCUT2D eigenvalue weighted by Gasteiger charge is 2.32. The fraction of sp³-hybridized carbons (Fsp3) is 0.111. The third-order valence-electron chi connectivity index (χ3n) is 3.75. The van der Waals surface area contributed by atoms with Crippen LogP contribution in [0.5, 0.6) is 0 Å². The van der Waals surface area contributed by atoms with Gasteiger partial charge in [-0.15, -0.1) is 0 Å². The highest BCUT2D eigenvalue weighted by Crippen LogP contribution is 2.33. The molecule has 7 heteroatoms. The molecule has 130 valence electrons. The van der Waals surface area contributed by atoms with Crippen LogP contribution in [0.1, 0.15) is 11.1 Å². The number of nitrogens with one attached hydrogen (secondary N) is 1. The van der Waals surface area contributed by atoms with Crippen LogP contribution in [0.2, 0.25) is 0 Å². The van der Waals surface area contributed by atoms with Gasteiger partial charge in [-0.05, 0) is 34.9 Å². The van der Waals surface area contributed by atoms with Crippen molar-refractivity contribution in [2.24, 2.45) is 0 Å². The van der Waals surface area contributed by atoms with Gasteiger partial charge in [0.2, 0.25) is 0 Å². The first-order valence-electron chi connectivity index (χ1n) is 7.18. The van der Waals surface area contributed by atoms with Crippen molar-refractivity contribution in [1.82, 2.24) is 4.98 Å². The minimum absolute atomic E-state index is 0.311. The molecule has 0 aliphatic rings. The van der Waals surface area contributed by atoms with E-state index in [0.29, 0.717) is 22.4 Å². The van der Waals surface area contributed by atoms with Crippen LogP contribution in [0, 0.1) is 0 Å². The second kappa shape index (κ2) is 5.98. The summed E-state index contributed by atoms with van der Waals surface area (Å²) < 4.78 is 75.6. The van der Waals surface area contributed by atoms with Gasteiger partial charge in [-0.3, -0.25) is 0 Å². The van der Waals surface area contributed by atoms with E-state index in [9.17, 15) is 26.3 Å². The number of hydrogen-bond acceptors (Lipinski definition) is 0. The van der Waals surface area contributed by atoms with Gasteiger partial charge >= 0.3 is 12.4 Å². The normalized spacial score (nSPS) is 12.4. The molecule has 0 unspecified atom stereocenters. The number of rotatable bonds is 2. The van der Waals surface area contributed by atoms with Gasteiger partial charge in [-0.1, -0.05) is 36.4 Å². The Bertz CT molecular complexity index is 854. The van der Waals surface area contributed by atoms with Crippen molar-refractivity contribution in [2.45, 2.75) is 12.4 Å². The average Bonchev–Trinajstić information content (AvgIpc) is 3.05. The van der Waals surface area contributed by atoms with Gasteiger partial charge in [0.15, 0.2) is 0 Å². The number of H-pyrrole nitrogens is 1.